The summed E-state index contributed by atoms with van der Waals surface area (Å²) in [4.78, 5) is 0. The summed E-state index contributed by atoms with van der Waals surface area (Å²) in [5.41, 5.74) is 5.98. The van der Waals surface area contributed by atoms with Crippen molar-refractivity contribution in [3.05, 3.63) is 35.4 Å². The summed E-state index contributed by atoms with van der Waals surface area (Å²) in [6.45, 7) is 4.14. The normalized spacial score (nSPS) is 33.7. The third kappa shape index (κ3) is 2.21. The van der Waals surface area contributed by atoms with Gasteiger partial charge in [-0.2, -0.15) is 0 Å². The minimum Gasteiger partial charge on any atom is -0.321 e. The molecule has 1 fully saturated rings. The second-order valence-electron chi connectivity index (χ2n) is 5.45. The van der Waals surface area contributed by atoms with Gasteiger partial charge in [0.25, 0.3) is 0 Å². The molecule has 0 bridgehead atoms. The number of benzene rings is 1. The lowest BCUT2D eigenvalue weighted by molar-refractivity contribution is 0.157. The molecule has 1 nitrogen and oxygen atoms in total. The maximum absolute atomic E-state index is 13.9. The van der Waals surface area contributed by atoms with Crippen LogP contribution in [-0.4, -0.2) is 0 Å². The van der Waals surface area contributed by atoms with Crippen LogP contribution in [0.4, 0.5) is 8.78 Å². The SMILES string of the molecule is CC1CCC(C)C(N)(c2cc(F)ccc2F)C1. The zero-order valence-electron chi connectivity index (χ0n) is 10.3. The lowest BCUT2D eigenvalue weighted by Gasteiger charge is -2.42. The smallest absolute Gasteiger partial charge is 0.128 e. The van der Waals surface area contributed by atoms with Crippen molar-refractivity contribution >= 4 is 0 Å². The molecule has 2 N–H and O–H groups in total. The first-order valence-electron chi connectivity index (χ1n) is 6.18. The number of hydrogen-bond acceptors (Lipinski definition) is 1. The molecule has 2 rings (SSSR count). The Balaban J connectivity index is 2.45. The molecule has 3 heteroatoms. The van der Waals surface area contributed by atoms with Crippen LogP contribution < -0.4 is 5.73 Å². The van der Waals surface area contributed by atoms with E-state index in [1.165, 1.54) is 12.1 Å². The van der Waals surface area contributed by atoms with Crippen molar-refractivity contribution in [3.8, 4) is 0 Å². The standard InChI is InChI=1S/C14H19F2N/c1-9-3-4-10(2)14(17,8-9)12-7-11(15)5-6-13(12)16/h5-7,9-10H,3-4,8,17H2,1-2H3. The van der Waals surface area contributed by atoms with E-state index in [0.29, 0.717) is 17.9 Å². The van der Waals surface area contributed by atoms with Gasteiger partial charge in [0.05, 0.1) is 0 Å². The minimum absolute atomic E-state index is 0.176. The summed E-state index contributed by atoms with van der Waals surface area (Å²) in [6.07, 6.45) is 2.79. The zero-order valence-corrected chi connectivity index (χ0v) is 10.3. The maximum Gasteiger partial charge on any atom is 0.128 e. The van der Waals surface area contributed by atoms with E-state index in [2.05, 4.69) is 6.92 Å². The molecule has 0 aliphatic heterocycles. The first kappa shape index (κ1) is 12.5. The second kappa shape index (κ2) is 4.37. The zero-order chi connectivity index (χ0) is 12.6. The number of nitrogens with two attached hydrogens (primary N) is 1. The highest BCUT2D eigenvalue weighted by molar-refractivity contribution is 5.28. The van der Waals surface area contributed by atoms with E-state index in [9.17, 15) is 8.78 Å². The highest BCUT2D eigenvalue weighted by atomic mass is 19.1. The Bertz CT molecular complexity index is 419. The Morgan fingerprint density at radius 1 is 1.24 bits per heavy atom. The van der Waals surface area contributed by atoms with E-state index >= 15 is 0 Å². The molecule has 3 atom stereocenters. The number of hydrogen-bond donors (Lipinski definition) is 1. The van der Waals surface area contributed by atoms with Crippen LogP contribution in [0, 0.1) is 23.5 Å². The fourth-order valence-electron chi connectivity index (χ4n) is 2.90. The number of rotatable bonds is 1. The Labute approximate surface area is 101 Å². The summed E-state index contributed by atoms with van der Waals surface area (Å²) in [6, 6.07) is 3.56. The van der Waals surface area contributed by atoms with E-state index in [-0.39, 0.29) is 5.92 Å². The molecule has 1 aromatic carbocycles. The number of halogens is 2. The lowest BCUT2D eigenvalue weighted by atomic mass is 9.67. The van der Waals surface area contributed by atoms with E-state index < -0.39 is 17.2 Å². The second-order valence-corrected chi connectivity index (χ2v) is 5.45. The van der Waals surface area contributed by atoms with Gasteiger partial charge in [-0.25, -0.2) is 8.78 Å². The molecular formula is C14H19F2N. The van der Waals surface area contributed by atoms with Crippen molar-refractivity contribution in [3.63, 3.8) is 0 Å². The average Bonchev–Trinajstić information content (AvgIpc) is 2.27. The highest BCUT2D eigenvalue weighted by Crippen LogP contribution is 2.42. The Kier molecular flexibility index (Phi) is 3.21. The van der Waals surface area contributed by atoms with Crippen LogP contribution in [0.1, 0.15) is 38.7 Å². The van der Waals surface area contributed by atoms with Crippen LogP contribution in [0.3, 0.4) is 0 Å². The fourth-order valence-corrected chi connectivity index (χ4v) is 2.90. The van der Waals surface area contributed by atoms with Crippen molar-refractivity contribution in [2.24, 2.45) is 17.6 Å². The summed E-state index contributed by atoms with van der Waals surface area (Å²) in [7, 11) is 0. The van der Waals surface area contributed by atoms with Crippen LogP contribution in [0.15, 0.2) is 18.2 Å². The van der Waals surface area contributed by atoms with E-state index in [1.807, 2.05) is 6.92 Å². The largest absolute Gasteiger partial charge is 0.321 e. The third-order valence-corrected chi connectivity index (χ3v) is 4.09. The molecule has 0 saturated heterocycles. The van der Waals surface area contributed by atoms with Crippen molar-refractivity contribution in [2.75, 3.05) is 0 Å². The lowest BCUT2D eigenvalue weighted by Crippen LogP contribution is -2.47. The van der Waals surface area contributed by atoms with Crippen LogP contribution in [0.2, 0.25) is 0 Å². The van der Waals surface area contributed by atoms with Crippen molar-refractivity contribution in [2.45, 2.75) is 38.6 Å². The van der Waals surface area contributed by atoms with Gasteiger partial charge in [0.2, 0.25) is 0 Å². The molecule has 0 amide bonds. The molecule has 1 aliphatic carbocycles. The predicted molar refractivity (Wildman–Crippen MR) is 64.4 cm³/mol. The van der Waals surface area contributed by atoms with Crippen molar-refractivity contribution in [1.82, 2.24) is 0 Å². The third-order valence-electron chi connectivity index (χ3n) is 4.09. The molecule has 94 valence electrons. The molecule has 0 aromatic heterocycles. The van der Waals surface area contributed by atoms with Gasteiger partial charge < -0.3 is 5.73 Å². The molecular weight excluding hydrogens is 220 g/mol. The first-order valence-corrected chi connectivity index (χ1v) is 6.18. The summed E-state index contributed by atoms with van der Waals surface area (Å²) in [5, 5.41) is 0. The predicted octanol–water partition coefficient (Wildman–Crippen LogP) is 3.57. The molecule has 0 radical (unpaired) electrons. The summed E-state index contributed by atoms with van der Waals surface area (Å²) >= 11 is 0. The van der Waals surface area contributed by atoms with Crippen LogP contribution in [0.5, 0.6) is 0 Å². The van der Waals surface area contributed by atoms with Gasteiger partial charge in [-0.3, -0.25) is 0 Å². The Hall–Kier alpha value is -0.960. The average molecular weight is 239 g/mol. The highest BCUT2D eigenvalue weighted by Gasteiger charge is 2.40. The molecule has 0 heterocycles. The Morgan fingerprint density at radius 3 is 2.65 bits per heavy atom. The van der Waals surface area contributed by atoms with Gasteiger partial charge in [-0.1, -0.05) is 20.3 Å². The van der Waals surface area contributed by atoms with E-state index in [4.69, 9.17) is 5.73 Å². The molecule has 1 aromatic rings. The topological polar surface area (TPSA) is 26.0 Å². The molecule has 3 unspecified atom stereocenters. The van der Waals surface area contributed by atoms with Crippen LogP contribution in [0.25, 0.3) is 0 Å². The quantitative estimate of drug-likeness (QED) is 0.796. The van der Waals surface area contributed by atoms with Crippen molar-refractivity contribution in [1.29, 1.82) is 0 Å². The molecule has 1 saturated carbocycles. The molecule has 1 aliphatic rings. The van der Waals surface area contributed by atoms with Gasteiger partial charge in [0, 0.05) is 11.1 Å². The summed E-state index contributed by atoms with van der Waals surface area (Å²) < 4.78 is 27.1. The van der Waals surface area contributed by atoms with E-state index in [1.54, 1.807) is 0 Å². The van der Waals surface area contributed by atoms with Gasteiger partial charge >= 0.3 is 0 Å². The first-order chi connectivity index (χ1) is 7.93. The monoisotopic (exact) mass is 239 g/mol. The van der Waals surface area contributed by atoms with E-state index in [0.717, 1.165) is 18.9 Å². The van der Waals surface area contributed by atoms with Crippen LogP contribution >= 0.6 is 0 Å². The van der Waals surface area contributed by atoms with Gasteiger partial charge in [0.15, 0.2) is 0 Å². The minimum atomic E-state index is -0.732. The van der Waals surface area contributed by atoms with Crippen molar-refractivity contribution < 1.29 is 8.78 Å². The Morgan fingerprint density at radius 2 is 1.94 bits per heavy atom. The van der Waals surface area contributed by atoms with Crippen LogP contribution in [-0.2, 0) is 5.54 Å². The molecule has 17 heavy (non-hydrogen) atoms. The van der Waals surface area contributed by atoms with Gasteiger partial charge in [-0.05, 0) is 42.9 Å². The fraction of sp³-hybridized carbons (Fsp3) is 0.571. The van der Waals surface area contributed by atoms with Gasteiger partial charge in [-0.15, -0.1) is 0 Å². The molecule has 0 spiro atoms. The maximum atomic E-state index is 13.9. The summed E-state index contributed by atoms with van der Waals surface area (Å²) in [5.74, 6) is -0.180. The van der Waals surface area contributed by atoms with Gasteiger partial charge in [0.1, 0.15) is 11.6 Å².